The monoisotopic (exact) mass is 290 g/mol. The third-order valence-electron chi connectivity index (χ3n) is 1.91. The fourth-order valence-corrected chi connectivity index (χ4v) is 2.47. The highest BCUT2D eigenvalue weighted by Gasteiger charge is 2.04. The molecule has 0 aromatic carbocycles. The summed E-state index contributed by atoms with van der Waals surface area (Å²) < 4.78 is 1.06. The number of hydrogen-bond acceptors (Lipinski definition) is 3. The number of amides is 1. The lowest BCUT2D eigenvalue weighted by Gasteiger charge is -2.05. The van der Waals surface area contributed by atoms with Crippen molar-refractivity contribution in [2.75, 3.05) is 0 Å². The lowest BCUT2D eigenvalue weighted by Crippen LogP contribution is -2.25. The van der Waals surface area contributed by atoms with Gasteiger partial charge in [-0.05, 0) is 35.3 Å². The molecule has 0 spiro atoms. The van der Waals surface area contributed by atoms with Crippen molar-refractivity contribution in [3.05, 3.63) is 20.8 Å². The third-order valence-corrected chi connectivity index (χ3v) is 3.61. The molecule has 3 nitrogen and oxygen atoms in total. The topological polar surface area (TPSA) is 55.1 Å². The molecule has 0 radical (unpaired) electrons. The highest BCUT2D eigenvalue weighted by molar-refractivity contribution is 9.10. The average molecular weight is 291 g/mol. The summed E-state index contributed by atoms with van der Waals surface area (Å²) in [6.07, 6.45) is 1.24. The smallest absolute Gasteiger partial charge is 0.220 e. The van der Waals surface area contributed by atoms with Crippen LogP contribution in [0.4, 0.5) is 0 Å². The Kier molecular flexibility index (Phi) is 5.28. The van der Waals surface area contributed by atoms with E-state index in [1.807, 2.05) is 18.4 Å². The van der Waals surface area contributed by atoms with Gasteiger partial charge in [0.05, 0.1) is 6.54 Å². The van der Waals surface area contributed by atoms with Crippen molar-refractivity contribution in [1.29, 1.82) is 0 Å². The minimum atomic E-state index is 0.0665. The number of nitrogens with two attached hydrogens (primary N) is 1. The molecule has 1 unspecified atom stereocenters. The number of carbonyl (C=O) groups is 1. The number of carbonyl (C=O) groups excluding carboxylic acids is 1. The predicted molar refractivity (Wildman–Crippen MR) is 66.7 cm³/mol. The van der Waals surface area contributed by atoms with Gasteiger partial charge in [-0.3, -0.25) is 4.79 Å². The van der Waals surface area contributed by atoms with Gasteiger partial charge in [-0.15, -0.1) is 11.3 Å². The maximum absolute atomic E-state index is 11.4. The van der Waals surface area contributed by atoms with Crippen LogP contribution in [0.2, 0.25) is 0 Å². The molecule has 1 heterocycles. The summed E-state index contributed by atoms with van der Waals surface area (Å²) in [6.45, 7) is 2.51. The van der Waals surface area contributed by atoms with Crippen LogP contribution >= 0.6 is 27.3 Å². The first-order chi connectivity index (χ1) is 7.08. The highest BCUT2D eigenvalue weighted by atomic mass is 79.9. The van der Waals surface area contributed by atoms with E-state index in [0.717, 1.165) is 15.8 Å². The minimum Gasteiger partial charge on any atom is -0.351 e. The Morgan fingerprint density at radius 2 is 2.47 bits per heavy atom. The molecule has 5 heteroatoms. The van der Waals surface area contributed by atoms with E-state index in [9.17, 15) is 4.79 Å². The normalized spacial score (nSPS) is 12.5. The van der Waals surface area contributed by atoms with E-state index in [1.54, 1.807) is 11.3 Å². The van der Waals surface area contributed by atoms with Crippen molar-refractivity contribution in [3.63, 3.8) is 0 Å². The van der Waals surface area contributed by atoms with Gasteiger partial charge in [0.2, 0.25) is 5.91 Å². The number of halogens is 1. The van der Waals surface area contributed by atoms with E-state index in [0.29, 0.717) is 13.0 Å². The fourth-order valence-electron chi connectivity index (χ4n) is 1.08. The molecule has 1 rings (SSSR count). The highest BCUT2D eigenvalue weighted by Crippen LogP contribution is 2.19. The van der Waals surface area contributed by atoms with E-state index in [-0.39, 0.29) is 11.9 Å². The van der Waals surface area contributed by atoms with Gasteiger partial charge in [0, 0.05) is 27.2 Å². The fraction of sp³-hybridized carbons (Fsp3) is 0.500. The second-order valence-electron chi connectivity index (χ2n) is 3.52. The van der Waals surface area contributed by atoms with Gasteiger partial charge in [0.25, 0.3) is 0 Å². The van der Waals surface area contributed by atoms with Crippen LogP contribution in [-0.2, 0) is 11.3 Å². The number of rotatable bonds is 5. The van der Waals surface area contributed by atoms with E-state index in [1.165, 1.54) is 0 Å². The Morgan fingerprint density at radius 1 is 1.73 bits per heavy atom. The van der Waals surface area contributed by atoms with Gasteiger partial charge in [-0.25, -0.2) is 0 Å². The number of hydrogen-bond donors (Lipinski definition) is 2. The molecule has 0 bridgehead atoms. The minimum absolute atomic E-state index is 0.0665. The standard InChI is InChI=1S/C10H15BrN2OS/c1-7(12)2-3-10(14)13-5-9-4-8(11)6-15-9/h4,6-7H,2-3,5,12H2,1H3,(H,13,14). The summed E-state index contributed by atoms with van der Waals surface area (Å²) in [4.78, 5) is 12.5. The van der Waals surface area contributed by atoms with Crippen molar-refractivity contribution >= 4 is 33.2 Å². The quantitative estimate of drug-likeness (QED) is 0.874. The molecule has 1 aromatic heterocycles. The predicted octanol–water partition coefficient (Wildman–Crippen LogP) is 2.25. The Labute approximate surface area is 102 Å². The lowest BCUT2D eigenvalue weighted by molar-refractivity contribution is -0.121. The zero-order valence-electron chi connectivity index (χ0n) is 8.63. The molecule has 3 N–H and O–H groups in total. The lowest BCUT2D eigenvalue weighted by atomic mass is 10.2. The van der Waals surface area contributed by atoms with Gasteiger partial charge in [-0.1, -0.05) is 0 Å². The Balaban J connectivity index is 2.22. The van der Waals surface area contributed by atoms with Crippen LogP contribution in [0.1, 0.15) is 24.6 Å². The van der Waals surface area contributed by atoms with Gasteiger partial charge in [0.1, 0.15) is 0 Å². The summed E-state index contributed by atoms with van der Waals surface area (Å²) in [5, 5.41) is 4.87. The van der Waals surface area contributed by atoms with Crippen LogP contribution in [-0.4, -0.2) is 11.9 Å². The molecule has 0 aliphatic carbocycles. The maximum Gasteiger partial charge on any atom is 0.220 e. The summed E-state index contributed by atoms with van der Waals surface area (Å²) in [5.41, 5.74) is 5.57. The first-order valence-electron chi connectivity index (χ1n) is 4.83. The Bertz CT molecular complexity index is 325. The Hall–Kier alpha value is -0.390. The summed E-state index contributed by atoms with van der Waals surface area (Å²) in [6, 6.07) is 2.10. The van der Waals surface area contributed by atoms with E-state index in [4.69, 9.17) is 5.73 Å². The molecule has 0 saturated heterocycles. The Morgan fingerprint density at radius 3 is 3.00 bits per heavy atom. The third kappa shape index (κ3) is 5.30. The second kappa shape index (κ2) is 6.25. The van der Waals surface area contributed by atoms with Crippen LogP contribution in [0.15, 0.2) is 15.9 Å². The van der Waals surface area contributed by atoms with Gasteiger partial charge < -0.3 is 11.1 Å². The van der Waals surface area contributed by atoms with Gasteiger partial charge in [-0.2, -0.15) is 0 Å². The maximum atomic E-state index is 11.4. The summed E-state index contributed by atoms with van der Waals surface area (Å²) >= 11 is 5.00. The van der Waals surface area contributed by atoms with Crippen molar-refractivity contribution in [2.45, 2.75) is 32.4 Å². The molecule has 1 amide bonds. The summed E-state index contributed by atoms with van der Waals surface area (Å²) in [5.74, 6) is 0.0665. The van der Waals surface area contributed by atoms with Crippen molar-refractivity contribution in [2.24, 2.45) is 5.73 Å². The van der Waals surface area contributed by atoms with E-state index >= 15 is 0 Å². The molecular formula is C10H15BrN2OS. The molecule has 0 fully saturated rings. The molecule has 84 valence electrons. The van der Waals surface area contributed by atoms with Crippen LogP contribution < -0.4 is 11.1 Å². The van der Waals surface area contributed by atoms with Gasteiger partial charge >= 0.3 is 0 Å². The average Bonchev–Trinajstić information content (AvgIpc) is 2.58. The molecule has 0 aliphatic heterocycles. The van der Waals surface area contributed by atoms with Crippen LogP contribution in [0, 0.1) is 0 Å². The van der Waals surface area contributed by atoms with Crippen LogP contribution in [0.25, 0.3) is 0 Å². The zero-order valence-corrected chi connectivity index (χ0v) is 11.0. The first kappa shape index (κ1) is 12.7. The summed E-state index contributed by atoms with van der Waals surface area (Å²) in [7, 11) is 0. The SMILES string of the molecule is CC(N)CCC(=O)NCc1cc(Br)cs1. The molecule has 15 heavy (non-hydrogen) atoms. The number of nitrogens with one attached hydrogen (secondary N) is 1. The van der Waals surface area contributed by atoms with Crippen molar-refractivity contribution in [3.8, 4) is 0 Å². The molecule has 1 atom stereocenters. The van der Waals surface area contributed by atoms with E-state index < -0.39 is 0 Å². The van der Waals surface area contributed by atoms with Crippen LogP contribution in [0.3, 0.4) is 0 Å². The number of thiophene rings is 1. The molecule has 0 aliphatic rings. The second-order valence-corrected chi connectivity index (χ2v) is 5.44. The van der Waals surface area contributed by atoms with Gasteiger partial charge in [0.15, 0.2) is 0 Å². The molecule has 0 saturated carbocycles. The zero-order chi connectivity index (χ0) is 11.3. The largest absolute Gasteiger partial charge is 0.351 e. The van der Waals surface area contributed by atoms with Crippen molar-refractivity contribution < 1.29 is 4.79 Å². The first-order valence-corrected chi connectivity index (χ1v) is 6.50. The van der Waals surface area contributed by atoms with Crippen LogP contribution in [0.5, 0.6) is 0 Å². The van der Waals surface area contributed by atoms with E-state index in [2.05, 4.69) is 21.2 Å². The molecule has 1 aromatic rings. The molecular weight excluding hydrogens is 276 g/mol. The van der Waals surface area contributed by atoms with Crippen molar-refractivity contribution in [1.82, 2.24) is 5.32 Å².